The number of carbonyl (C=O) groups is 1. The molecule has 2 N–H and O–H groups in total. The molecule has 1 amide bonds. The molecule has 4 heteroatoms. The fourth-order valence-electron chi connectivity index (χ4n) is 2.31. The number of carbonyl (C=O) groups excluding carboxylic acids is 1. The van der Waals surface area contributed by atoms with Crippen LogP contribution in [0.4, 0.5) is 5.69 Å². The van der Waals surface area contributed by atoms with Crippen molar-refractivity contribution in [1.82, 2.24) is 0 Å². The lowest BCUT2D eigenvalue weighted by Crippen LogP contribution is -2.17. The highest BCUT2D eigenvalue weighted by molar-refractivity contribution is 5.98. The number of aliphatic imine (C=N–C) groups is 1. The van der Waals surface area contributed by atoms with E-state index in [0.717, 1.165) is 17.8 Å². The van der Waals surface area contributed by atoms with E-state index in [0.29, 0.717) is 5.56 Å². The zero-order chi connectivity index (χ0) is 14.7. The van der Waals surface area contributed by atoms with Gasteiger partial charge in [0.25, 0.3) is 0 Å². The van der Waals surface area contributed by atoms with Crippen molar-refractivity contribution in [3.63, 3.8) is 0 Å². The van der Waals surface area contributed by atoms with Gasteiger partial charge in [-0.25, -0.2) is 0 Å². The third kappa shape index (κ3) is 2.84. The van der Waals surface area contributed by atoms with Gasteiger partial charge in [-0.15, -0.1) is 0 Å². The van der Waals surface area contributed by atoms with E-state index < -0.39 is 5.91 Å². The average Bonchev–Trinajstić information content (AvgIpc) is 2.70. The molecule has 0 spiro atoms. The Bertz CT molecular complexity index is 720. The molecule has 1 aliphatic rings. The minimum Gasteiger partial charge on any atom is -0.366 e. The molecule has 4 nitrogen and oxygen atoms in total. The highest BCUT2D eigenvalue weighted by Crippen LogP contribution is 2.24. The summed E-state index contributed by atoms with van der Waals surface area (Å²) in [4.78, 5) is 17.6. The van der Waals surface area contributed by atoms with Gasteiger partial charge < -0.3 is 10.6 Å². The summed E-state index contributed by atoms with van der Waals surface area (Å²) in [5.74, 6) is -0.432. The molecule has 0 unspecified atom stereocenters. The molecule has 21 heavy (non-hydrogen) atoms. The van der Waals surface area contributed by atoms with Crippen molar-refractivity contribution < 1.29 is 4.79 Å². The summed E-state index contributed by atoms with van der Waals surface area (Å²) in [5.41, 5.74) is 8.90. The van der Waals surface area contributed by atoms with Crippen LogP contribution in [0, 0.1) is 0 Å². The predicted molar refractivity (Wildman–Crippen MR) is 84.3 cm³/mol. The molecule has 0 saturated heterocycles. The number of amides is 1. The molecule has 0 bridgehead atoms. The molecule has 0 fully saturated rings. The van der Waals surface area contributed by atoms with Crippen molar-refractivity contribution in [3.05, 3.63) is 77.6 Å². The Labute approximate surface area is 123 Å². The Hall–Kier alpha value is -2.88. The summed E-state index contributed by atoms with van der Waals surface area (Å²) in [6.07, 6.45) is 5.41. The number of hydrogen-bond acceptors (Lipinski definition) is 3. The van der Waals surface area contributed by atoms with E-state index in [1.54, 1.807) is 24.5 Å². The van der Waals surface area contributed by atoms with Gasteiger partial charge in [0.1, 0.15) is 0 Å². The molecule has 0 radical (unpaired) electrons. The Balaban J connectivity index is 1.96. The van der Waals surface area contributed by atoms with E-state index in [-0.39, 0.29) is 0 Å². The first-order chi connectivity index (χ1) is 10.2. The van der Waals surface area contributed by atoms with Crippen LogP contribution in [0.25, 0.3) is 0 Å². The molecule has 0 saturated carbocycles. The second-order valence-electron chi connectivity index (χ2n) is 4.83. The first-order valence-electron chi connectivity index (χ1n) is 6.68. The van der Waals surface area contributed by atoms with Crippen molar-refractivity contribution in [3.8, 4) is 0 Å². The minimum atomic E-state index is -0.432. The van der Waals surface area contributed by atoms with E-state index in [2.05, 4.69) is 22.0 Å². The number of benzene rings is 2. The van der Waals surface area contributed by atoms with Crippen LogP contribution in [0.15, 0.2) is 65.9 Å². The predicted octanol–water partition coefficient (Wildman–Crippen LogP) is 2.70. The quantitative estimate of drug-likeness (QED) is 0.937. The van der Waals surface area contributed by atoms with Gasteiger partial charge in [0.2, 0.25) is 5.91 Å². The molecule has 0 aliphatic carbocycles. The van der Waals surface area contributed by atoms with Crippen LogP contribution in [0.3, 0.4) is 0 Å². The lowest BCUT2D eigenvalue weighted by Gasteiger charge is -2.21. The lowest BCUT2D eigenvalue weighted by molar-refractivity contribution is 0.100. The van der Waals surface area contributed by atoms with Crippen molar-refractivity contribution in [1.29, 1.82) is 0 Å². The maximum Gasteiger partial charge on any atom is 0.248 e. The average molecular weight is 277 g/mol. The molecular weight excluding hydrogens is 262 g/mol. The number of anilines is 1. The molecule has 2 aromatic carbocycles. The smallest absolute Gasteiger partial charge is 0.248 e. The molecule has 0 atom stereocenters. The second kappa shape index (κ2) is 5.63. The van der Waals surface area contributed by atoms with Gasteiger partial charge >= 0.3 is 0 Å². The fourth-order valence-corrected chi connectivity index (χ4v) is 2.31. The van der Waals surface area contributed by atoms with Gasteiger partial charge in [0, 0.05) is 42.0 Å². The maximum absolute atomic E-state index is 11.3. The number of nitrogens with zero attached hydrogens (tertiary/aromatic N) is 2. The van der Waals surface area contributed by atoms with Gasteiger partial charge in [-0.3, -0.25) is 9.79 Å². The van der Waals surface area contributed by atoms with Crippen molar-refractivity contribution in [2.75, 3.05) is 4.90 Å². The molecular formula is C17H15N3O. The fraction of sp³-hybridized carbons (Fsp3) is 0.0588. The summed E-state index contributed by atoms with van der Waals surface area (Å²) in [5, 5.41) is 0. The zero-order valence-electron chi connectivity index (χ0n) is 11.4. The summed E-state index contributed by atoms with van der Waals surface area (Å²) >= 11 is 0. The molecule has 3 rings (SSSR count). The SMILES string of the molecule is NC(=O)c1ccc2c(c1)C=NC=CN2Cc1ccccc1. The Morgan fingerprint density at radius 1 is 1.14 bits per heavy atom. The summed E-state index contributed by atoms with van der Waals surface area (Å²) in [6.45, 7) is 0.740. The molecule has 2 aromatic rings. The van der Waals surface area contributed by atoms with Gasteiger partial charge in [0.05, 0.1) is 0 Å². The van der Waals surface area contributed by atoms with Crippen molar-refractivity contribution >= 4 is 17.8 Å². The first kappa shape index (κ1) is 13.1. The van der Waals surface area contributed by atoms with Gasteiger partial charge in [-0.05, 0) is 23.8 Å². The van der Waals surface area contributed by atoms with Gasteiger partial charge in [-0.1, -0.05) is 30.3 Å². The van der Waals surface area contributed by atoms with Crippen LogP contribution in [-0.4, -0.2) is 12.1 Å². The zero-order valence-corrected chi connectivity index (χ0v) is 11.4. The van der Waals surface area contributed by atoms with E-state index in [1.807, 2.05) is 30.5 Å². The lowest BCUT2D eigenvalue weighted by atomic mass is 10.1. The standard InChI is InChI=1S/C17H15N3O/c18-17(21)14-6-7-16-15(10-14)11-19-8-9-20(16)12-13-4-2-1-3-5-13/h1-11H,12H2,(H2,18,21). The highest BCUT2D eigenvalue weighted by Gasteiger charge is 2.12. The van der Waals surface area contributed by atoms with Crippen LogP contribution in [0.2, 0.25) is 0 Å². The second-order valence-corrected chi connectivity index (χ2v) is 4.83. The van der Waals surface area contributed by atoms with E-state index in [9.17, 15) is 4.79 Å². The monoisotopic (exact) mass is 277 g/mol. The highest BCUT2D eigenvalue weighted by atomic mass is 16.1. The molecule has 1 heterocycles. The number of rotatable bonds is 3. The number of hydrogen-bond donors (Lipinski definition) is 1. The van der Waals surface area contributed by atoms with Crippen LogP contribution in [0.5, 0.6) is 0 Å². The Morgan fingerprint density at radius 2 is 1.95 bits per heavy atom. The topological polar surface area (TPSA) is 58.7 Å². The van der Waals surface area contributed by atoms with E-state index in [4.69, 9.17) is 5.73 Å². The first-order valence-corrected chi connectivity index (χ1v) is 6.68. The third-order valence-electron chi connectivity index (χ3n) is 3.36. The summed E-state index contributed by atoms with van der Waals surface area (Å²) in [7, 11) is 0. The number of fused-ring (bicyclic) bond motifs is 1. The Kier molecular flexibility index (Phi) is 3.51. The normalized spacial score (nSPS) is 12.9. The van der Waals surface area contributed by atoms with Crippen LogP contribution in [-0.2, 0) is 6.54 Å². The third-order valence-corrected chi connectivity index (χ3v) is 3.36. The molecule has 1 aliphatic heterocycles. The number of primary amides is 1. The minimum absolute atomic E-state index is 0.432. The maximum atomic E-state index is 11.3. The molecule has 104 valence electrons. The molecule has 0 aromatic heterocycles. The van der Waals surface area contributed by atoms with Crippen LogP contribution in [0.1, 0.15) is 21.5 Å². The van der Waals surface area contributed by atoms with Crippen molar-refractivity contribution in [2.24, 2.45) is 10.7 Å². The largest absolute Gasteiger partial charge is 0.366 e. The van der Waals surface area contributed by atoms with Crippen LogP contribution >= 0.6 is 0 Å². The van der Waals surface area contributed by atoms with E-state index in [1.165, 1.54) is 5.56 Å². The Morgan fingerprint density at radius 3 is 2.71 bits per heavy atom. The summed E-state index contributed by atoms with van der Waals surface area (Å²) < 4.78 is 0. The van der Waals surface area contributed by atoms with Gasteiger partial charge in [0.15, 0.2) is 0 Å². The number of nitrogens with two attached hydrogens (primary N) is 1. The van der Waals surface area contributed by atoms with Gasteiger partial charge in [-0.2, -0.15) is 0 Å². The summed E-state index contributed by atoms with van der Waals surface area (Å²) in [6, 6.07) is 15.6. The van der Waals surface area contributed by atoms with Crippen LogP contribution < -0.4 is 10.6 Å². The van der Waals surface area contributed by atoms with E-state index >= 15 is 0 Å². The van der Waals surface area contributed by atoms with Crippen molar-refractivity contribution in [2.45, 2.75) is 6.54 Å².